The van der Waals surface area contributed by atoms with Crippen molar-refractivity contribution in [1.82, 2.24) is 19.6 Å². The van der Waals surface area contributed by atoms with Gasteiger partial charge in [0.2, 0.25) is 0 Å². The zero-order chi connectivity index (χ0) is 18.8. The molecule has 0 aliphatic carbocycles. The molecule has 0 aliphatic rings. The molecule has 7 nitrogen and oxygen atoms in total. The Morgan fingerprint density at radius 3 is 2.63 bits per heavy atom. The highest BCUT2D eigenvalue weighted by atomic mass is 16.1. The first-order valence-electron chi connectivity index (χ1n) is 8.49. The summed E-state index contributed by atoms with van der Waals surface area (Å²) >= 11 is 0. The van der Waals surface area contributed by atoms with Crippen LogP contribution in [0.2, 0.25) is 0 Å². The van der Waals surface area contributed by atoms with Gasteiger partial charge in [0.1, 0.15) is 12.1 Å². The highest BCUT2D eigenvalue weighted by Crippen LogP contribution is 2.22. The van der Waals surface area contributed by atoms with E-state index in [1.165, 1.54) is 0 Å². The van der Waals surface area contributed by atoms with Gasteiger partial charge in [0.05, 0.1) is 17.9 Å². The lowest BCUT2D eigenvalue weighted by Gasteiger charge is -2.04. The third-order valence-electron chi connectivity index (χ3n) is 4.48. The van der Waals surface area contributed by atoms with Crippen LogP contribution >= 0.6 is 0 Å². The maximum absolute atomic E-state index is 12.9. The summed E-state index contributed by atoms with van der Waals surface area (Å²) in [6, 6.07) is 16.5. The number of carbonyl (C=O) groups is 1. The molecule has 0 aliphatic heterocycles. The number of hydrogen-bond acceptors (Lipinski definition) is 5. The second-order valence-electron chi connectivity index (χ2n) is 6.15. The van der Waals surface area contributed by atoms with Crippen molar-refractivity contribution in [2.45, 2.75) is 19.5 Å². The second kappa shape index (κ2) is 6.84. The van der Waals surface area contributed by atoms with Crippen LogP contribution in [0.5, 0.6) is 0 Å². The van der Waals surface area contributed by atoms with E-state index in [1.807, 2.05) is 28.8 Å². The fraction of sp³-hybridized carbons (Fsp3) is 0.150. The van der Waals surface area contributed by atoms with Crippen molar-refractivity contribution in [3.05, 3.63) is 70.6 Å². The lowest BCUT2D eigenvalue weighted by molar-refractivity contribution is 0.0966. The highest BCUT2D eigenvalue weighted by Gasteiger charge is 2.17. The molecule has 2 aromatic carbocycles. The number of Topliss-reactive ketones (excluding diaryl/α,β-unsaturated/α-hetero) is 1. The molecule has 0 saturated heterocycles. The monoisotopic (exact) mass is 357 g/mol. The first-order chi connectivity index (χ1) is 13.2. The van der Waals surface area contributed by atoms with Gasteiger partial charge in [0.15, 0.2) is 5.78 Å². The minimum atomic E-state index is -0.345. The molecule has 0 N–H and O–H groups in total. The van der Waals surface area contributed by atoms with Crippen LogP contribution in [0.25, 0.3) is 21.8 Å². The number of fused-ring (bicyclic) bond motifs is 2. The summed E-state index contributed by atoms with van der Waals surface area (Å²) in [6.45, 7) is 0.308. The number of aryl methyl sites for hydroxylation is 1. The van der Waals surface area contributed by atoms with E-state index < -0.39 is 0 Å². The van der Waals surface area contributed by atoms with Crippen LogP contribution in [0.4, 0.5) is 0 Å². The van der Waals surface area contributed by atoms with Crippen LogP contribution in [-0.2, 0) is 13.1 Å². The molecule has 0 radical (unpaired) electrons. The Hall–Kier alpha value is -3.79. The molecule has 2 aromatic heterocycles. The Morgan fingerprint density at radius 1 is 1.07 bits per heavy atom. The third kappa shape index (κ3) is 2.98. The molecule has 0 amide bonds. The van der Waals surface area contributed by atoms with E-state index >= 15 is 0 Å². The SMILES string of the molecule is N#CCCn1cc(C(=O)Cn2nnc3ccccc3c2=O)c2ccccc21. The minimum absolute atomic E-state index is 0.192. The summed E-state index contributed by atoms with van der Waals surface area (Å²) in [7, 11) is 0. The first-order valence-corrected chi connectivity index (χ1v) is 8.49. The number of hydrogen-bond donors (Lipinski definition) is 0. The number of nitriles is 1. The van der Waals surface area contributed by atoms with Gasteiger partial charge in [-0.05, 0) is 18.2 Å². The molecule has 0 fully saturated rings. The van der Waals surface area contributed by atoms with Crippen molar-refractivity contribution in [2.24, 2.45) is 0 Å². The molecule has 0 saturated carbocycles. The van der Waals surface area contributed by atoms with Crippen molar-refractivity contribution in [1.29, 1.82) is 5.26 Å². The number of benzene rings is 2. The quantitative estimate of drug-likeness (QED) is 0.512. The van der Waals surface area contributed by atoms with E-state index in [-0.39, 0.29) is 17.9 Å². The maximum Gasteiger partial charge on any atom is 0.278 e. The maximum atomic E-state index is 12.9. The van der Waals surface area contributed by atoms with Crippen LogP contribution in [0.1, 0.15) is 16.8 Å². The smallest absolute Gasteiger partial charge is 0.278 e. The van der Waals surface area contributed by atoms with Gasteiger partial charge in [-0.1, -0.05) is 35.5 Å². The Morgan fingerprint density at radius 2 is 1.81 bits per heavy atom. The van der Waals surface area contributed by atoms with E-state index in [0.29, 0.717) is 29.4 Å². The third-order valence-corrected chi connectivity index (χ3v) is 4.48. The second-order valence-corrected chi connectivity index (χ2v) is 6.15. The van der Waals surface area contributed by atoms with Crippen molar-refractivity contribution < 1.29 is 4.79 Å². The predicted octanol–water partition coefficient (Wildman–Crippen LogP) is 2.54. The predicted molar refractivity (Wildman–Crippen MR) is 100 cm³/mol. The van der Waals surface area contributed by atoms with Crippen molar-refractivity contribution in [2.75, 3.05) is 0 Å². The van der Waals surface area contributed by atoms with E-state index in [0.717, 1.165) is 15.6 Å². The van der Waals surface area contributed by atoms with Crippen LogP contribution in [0.3, 0.4) is 0 Å². The van der Waals surface area contributed by atoms with E-state index in [2.05, 4.69) is 16.4 Å². The molecule has 0 atom stereocenters. The topological polar surface area (TPSA) is 93.6 Å². The number of ketones is 1. The molecule has 2 heterocycles. The number of rotatable bonds is 5. The Labute approximate surface area is 154 Å². The summed E-state index contributed by atoms with van der Waals surface area (Å²) in [6.07, 6.45) is 2.09. The number of aromatic nitrogens is 4. The van der Waals surface area contributed by atoms with Gasteiger partial charge in [0.25, 0.3) is 5.56 Å². The van der Waals surface area contributed by atoms with Crippen LogP contribution in [0.15, 0.2) is 59.5 Å². The Kier molecular flexibility index (Phi) is 4.22. The summed E-state index contributed by atoms with van der Waals surface area (Å²) in [5.41, 5.74) is 1.54. The largest absolute Gasteiger partial charge is 0.346 e. The van der Waals surface area contributed by atoms with Gasteiger partial charge < -0.3 is 4.57 Å². The number of nitrogens with zero attached hydrogens (tertiary/aromatic N) is 5. The molecule has 7 heteroatoms. The highest BCUT2D eigenvalue weighted by molar-refractivity contribution is 6.08. The van der Waals surface area contributed by atoms with Crippen LogP contribution < -0.4 is 5.56 Å². The Bertz CT molecular complexity index is 1260. The van der Waals surface area contributed by atoms with Gasteiger partial charge in [-0.25, -0.2) is 4.68 Å². The number of carbonyl (C=O) groups excluding carboxylic acids is 1. The van der Waals surface area contributed by atoms with Crippen molar-refractivity contribution >= 4 is 27.6 Å². The first kappa shape index (κ1) is 16.7. The summed E-state index contributed by atoms with van der Waals surface area (Å²) in [5.74, 6) is -0.228. The molecular formula is C20H15N5O2. The van der Waals surface area contributed by atoms with Crippen molar-refractivity contribution in [3.63, 3.8) is 0 Å². The summed E-state index contributed by atoms with van der Waals surface area (Å²) in [4.78, 5) is 25.5. The fourth-order valence-corrected chi connectivity index (χ4v) is 3.17. The lowest BCUT2D eigenvalue weighted by Crippen LogP contribution is -2.27. The number of para-hydroxylation sites is 1. The van der Waals surface area contributed by atoms with Gasteiger partial charge in [-0.2, -0.15) is 5.26 Å². The molecule has 0 unspecified atom stereocenters. The molecule has 0 bridgehead atoms. The molecule has 132 valence electrons. The van der Waals surface area contributed by atoms with Crippen LogP contribution in [-0.4, -0.2) is 25.3 Å². The van der Waals surface area contributed by atoms with Gasteiger partial charge in [0, 0.05) is 29.2 Å². The summed E-state index contributed by atoms with van der Waals surface area (Å²) < 4.78 is 2.98. The van der Waals surface area contributed by atoms with Crippen LogP contribution in [0, 0.1) is 11.3 Å². The van der Waals surface area contributed by atoms with E-state index in [9.17, 15) is 9.59 Å². The minimum Gasteiger partial charge on any atom is -0.346 e. The Balaban J connectivity index is 1.73. The molecular weight excluding hydrogens is 342 g/mol. The standard InChI is InChI=1S/C20H15N5O2/c21-10-5-11-24-12-16(14-6-2-4-9-18(14)24)19(26)13-25-20(27)15-7-1-3-8-17(15)22-23-25/h1-4,6-9,12H,5,11,13H2. The summed E-state index contributed by atoms with van der Waals surface area (Å²) in [5, 5.41) is 18.0. The average molecular weight is 357 g/mol. The average Bonchev–Trinajstić information content (AvgIpc) is 3.07. The van der Waals surface area contributed by atoms with Gasteiger partial charge >= 0.3 is 0 Å². The van der Waals surface area contributed by atoms with Gasteiger partial charge in [-0.15, -0.1) is 5.10 Å². The van der Waals surface area contributed by atoms with Crippen molar-refractivity contribution in [3.8, 4) is 6.07 Å². The van der Waals surface area contributed by atoms with E-state index in [4.69, 9.17) is 5.26 Å². The molecule has 27 heavy (non-hydrogen) atoms. The zero-order valence-electron chi connectivity index (χ0n) is 14.4. The normalized spacial score (nSPS) is 10.9. The van der Waals surface area contributed by atoms with E-state index in [1.54, 1.807) is 30.5 Å². The zero-order valence-corrected chi connectivity index (χ0v) is 14.4. The molecule has 0 spiro atoms. The van der Waals surface area contributed by atoms with Gasteiger partial charge in [-0.3, -0.25) is 9.59 Å². The lowest BCUT2D eigenvalue weighted by atomic mass is 10.1. The molecule has 4 rings (SSSR count). The fourth-order valence-electron chi connectivity index (χ4n) is 3.17. The molecule has 4 aromatic rings.